The summed E-state index contributed by atoms with van der Waals surface area (Å²) in [5, 5.41) is 16.9. The second-order valence-electron chi connectivity index (χ2n) is 10.6. The predicted molar refractivity (Wildman–Crippen MR) is 149 cm³/mol. The lowest BCUT2D eigenvalue weighted by molar-refractivity contribution is -0.127. The van der Waals surface area contributed by atoms with Crippen LogP contribution in [0.3, 0.4) is 0 Å². The number of hydrogen-bond acceptors (Lipinski definition) is 6. The van der Waals surface area contributed by atoms with Crippen LogP contribution in [0.15, 0.2) is 24.3 Å². The van der Waals surface area contributed by atoms with Crippen LogP contribution in [-0.4, -0.2) is 62.5 Å². The maximum atomic E-state index is 13.0. The van der Waals surface area contributed by atoms with Gasteiger partial charge >= 0.3 is 0 Å². The molecule has 0 unspecified atom stereocenters. The number of para-hydroxylation sites is 1. The van der Waals surface area contributed by atoms with E-state index in [1.54, 1.807) is 19.2 Å². The predicted octanol–water partition coefficient (Wildman–Crippen LogP) is 3.76. The van der Waals surface area contributed by atoms with E-state index >= 15 is 0 Å². The standard InChI is InChI=1S/C29H51N3O5/c1-7-8-14-31-29(35)24(21(4)5)18-26(33)25(30)17-22(20(2)3)19-32-28(34)23-12-9-10-13-27(23)37-16-11-15-36-6/h9-10,12-13,20-22,24-26,33H,7-8,11,14-19,30H2,1-6H3,(H,31,35)(H,32,34)/t22-,24+,25+,26+/m1/s1. The van der Waals surface area contributed by atoms with E-state index in [9.17, 15) is 14.7 Å². The molecule has 1 aromatic carbocycles. The van der Waals surface area contributed by atoms with Crippen molar-refractivity contribution in [1.29, 1.82) is 0 Å². The number of unbranched alkanes of at least 4 members (excludes halogenated alkanes) is 1. The molecule has 0 aliphatic heterocycles. The van der Waals surface area contributed by atoms with Crippen molar-refractivity contribution >= 4 is 11.8 Å². The van der Waals surface area contributed by atoms with Crippen molar-refractivity contribution in [3.05, 3.63) is 29.8 Å². The summed E-state index contributed by atoms with van der Waals surface area (Å²) in [6.07, 6.45) is 2.74. The Morgan fingerprint density at radius 3 is 2.32 bits per heavy atom. The third kappa shape index (κ3) is 12.3. The number of carbonyl (C=O) groups excluding carboxylic acids is 2. The minimum absolute atomic E-state index is 0.0227. The SMILES string of the molecule is CCCCNC(=O)[C@@H](C[C@H](O)[C@@H](N)C[C@H](CNC(=O)c1ccccc1OCCCOC)C(C)C)C(C)C. The molecule has 8 heteroatoms. The molecular weight excluding hydrogens is 470 g/mol. The van der Waals surface area contributed by atoms with Gasteiger partial charge in [-0.25, -0.2) is 0 Å². The molecule has 0 radical (unpaired) electrons. The zero-order chi connectivity index (χ0) is 27.8. The summed E-state index contributed by atoms with van der Waals surface area (Å²) in [5.74, 6) is 0.435. The number of carbonyl (C=O) groups is 2. The molecule has 0 aliphatic rings. The number of ether oxygens (including phenoxy) is 2. The van der Waals surface area contributed by atoms with Gasteiger partial charge in [0.2, 0.25) is 5.91 Å². The molecule has 8 nitrogen and oxygen atoms in total. The van der Waals surface area contributed by atoms with E-state index in [0.29, 0.717) is 50.5 Å². The van der Waals surface area contributed by atoms with Crippen LogP contribution in [0.25, 0.3) is 0 Å². The maximum absolute atomic E-state index is 13.0. The third-order valence-electron chi connectivity index (χ3n) is 6.89. The van der Waals surface area contributed by atoms with Gasteiger partial charge in [0.1, 0.15) is 5.75 Å². The van der Waals surface area contributed by atoms with Crippen LogP contribution in [-0.2, 0) is 9.53 Å². The first kappa shape index (κ1) is 32.9. The van der Waals surface area contributed by atoms with Gasteiger partial charge in [-0.2, -0.15) is 0 Å². The van der Waals surface area contributed by atoms with Crippen LogP contribution in [0.1, 0.15) is 77.1 Å². The molecule has 37 heavy (non-hydrogen) atoms. The minimum atomic E-state index is -0.803. The smallest absolute Gasteiger partial charge is 0.255 e. The van der Waals surface area contributed by atoms with Crippen molar-refractivity contribution in [2.24, 2.45) is 29.4 Å². The number of aliphatic hydroxyl groups is 1. The lowest BCUT2D eigenvalue weighted by Gasteiger charge is -2.30. The first-order valence-corrected chi connectivity index (χ1v) is 13.8. The van der Waals surface area contributed by atoms with Crippen LogP contribution >= 0.6 is 0 Å². The summed E-state index contributed by atoms with van der Waals surface area (Å²) in [4.78, 5) is 25.6. The van der Waals surface area contributed by atoms with Gasteiger partial charge in [-0.3, -0.25) is 9.59 Å². The summed E-state index contributed by atoms with van der Waals surface area (Å²) >= 11 is 0. The highest BCUT2D eigenvalue weighted by atomic mass is 16.5. The highest BCUT2D eigenvalue weighted by molar-refractivity contribution is 5.96. The average Bonchev–Trinajstić information content (AvgIpc) is 2.87. The van der Waals surface area contributed by atoms with E-state index in [1.807, 2.05) is 26.0 Å². The second kappa shape index (κ2) is 18.2. The number of rotatable bonds is 19. The Morgan fingerprint density at radius 2 is 1.70 bits per heavy atom. The van der Waals surface area contributed by atoms with Crippen molar-refractivity contribution in [3.63, 3.8) is 0 Å². The largest absolute Gasteiger partial charge is 0.493 e. The van der Waals surface area contributed by atoms with Gasteiger partial charge in [0.25, 0.3) is 5.91 Å². The van der Waals surface area contributed by atoms with Crippen molar-refractivity contribution in [1.82, 2.24) is 10.6 Å². The fraction of sp³-hybridized carbons (Fsp3) is 0.724. The molecule has 0 heterocycles. The number of nitrogens with two attached hydrogens (primary N) is 1. The minimum Gasteiger partial charge on any atom is -0.493 e. The molecule has 212 valence electrons. The van der Waals surface area contributed by atoms with E-state index < -0.39 is 12.1 Å². The number of nitrogens with one attached hydrogen (secondary N) is 2. The van der Waals surface area contributed by atoms with Crippen molar-refractivity contribution in [2.45, 2.75) is 78.9 Å². The Labute approximate surface area is 224 Å². The van der Waals surface area contributed by atoms with E-state index in [1.165, 1.54) is 0 Å². The molecule has 1 rings (SSSR count). The van der Waals surface area contributed by atoms with Crippen molar-refractivity contribution in [2.75, 3.05) is 33.4 Å². The topological polar surface area (TPSA) is 123 Å². The maximum Gasteiger partial charge on any atom is 0.255 e. The Hall–Kier alpha value is -2.16. The van der Waals surface area contributed by atoms with Crippen LogP contribution in [0.4, 0.5) is 0 Å². The summed E-state index contributed by atoms with van der Waals surface area (Å²) in [6.45, 7) is 12.4. The third-order valence-corrected chi connectivity index (χ3v) is 6.89. The van der Waals surface area contributed by atoms with Crippen LogP contribution < -0.4 is 21.1 Å². The molecule has 4 atom stereocenters. The molecule has 0 aromatic heterocycles. The van der Waals surface area contributed by atoms with Gasteiger partial charge in [0.05, 0.1) is 18.3 Å². The van der Waals surface area contributed by atoms with Crippen LogP contribution in [0.2, 0.25) is 0 Å². The zero-order valence-corrected chi connectivity index (χ0v) is 23.8. The molecule has 1 aromatic rings. The van der Waals surface area contributed by atoms with E-state index in [2.05, 4.69) is 31.4 Å². The monoisotopic (exact) mass is 521 g/mol. The Kier molecular flexibility index (Phi) is 16.1. The van der Waals surface area contributed by atoms with Gasteiger partial charge in [-0.1, -0.05) is 53.2 Å². The summed E-state index contributed by atoms with van der Waals surface area (Å²) in [5.41, 5.74) is 6.91. The lowest BCUT2D eigenvalue weighted by Crippen LogP contribution is -2.44. The van der Waals surface area contributed by atoms with Gasteiger partial charge in [-0.05, 0) is 49.1 Å². The zero-order valence-electron chi connectivity index (χ0n) is 23.8. The highest BCUT2D eigenvalue weighted by Gasteiger charge is 2.29. The Bertz CT molecular complexity index is 787. The van der Waals surface area contributed by atoms with Crippen LogP contribution in [0, 0.1) is 23.7 Å². The number of amides is 2. The molecule has 2 amide bonds. The highest BCUT2D eigenvalue weighted by Crippen LogP contribution is 2.24. The summed E-state index contributed by atoms with van der Waals surface area (Å²) in [6, 6.07) is 6.70. The lowest BCUT2D eigenvalue weighted by atomic mass is 9.83. The summed E-state index contributed by atoms with van der Waals surface area (Å²) < 4.78 is 10.8. The Morgan fingerprint density at radius 1 is 1.00 bits per heavy atom. The van der Waals surface area contributed by atoms with Crippen LogP contribution in [0.5, 0.6) is 5.75 Å². The average molecular weight is 522 g/mol. The molecule has 0 saturated carbocycles. The van der Waals surface area contributed by atoms with Gasteiger partial charge in [-0.15, -0.1) is 0 Å². The first-order valence-electron chi connectivity index (χ1n) is 13.8. The van der Waals surface area contributed by atoms with Gasteiger partial charge in [0, 0.05) is 45.2 Å². The van der Waals surface area contributed by atoms with Crippen molar-refractivity contribution < 1.29 is 24.2 Å². The number of hydrogen-bond donors (Lipinski definition) is 4. The van der Waals surface area contributed by atoms with E-state index in [-0.39, 0.29) is 35.5 Å². The molecule has 0 aliphatic carbocycles. The van der Waals surface area contributed by atoms with Crippen molar-refractivity contribution in [3.8, 4) is 5.75 Å². The fourth-order valence-electron chi connectivity index (χ4n) is 4.22. The van der Waals surface area contributed by atoms with Gasteiger partial charge < -0.3 is 30.9 Å². The molecule has 0 fully saturated rings. The normalized spacial score (nSPS) is 14.8. The molecule has 0 spiro atoms. The molecule has 0 saturated heterocycles. The molecular formula is C29H51N3O5. The second-order valence-corrected chi connectivity index (χ2v) is 10.6. The fourth-order valence-corrected chi connectivity index (χ4v) is 4.22. The van der Waals surface area contributed by atoms with E-state index in [0.717, 1.165) is 19.3 Å². The van der Waals surface area contributed by atoms with E-state index in [4.69, 9.17) is 15.2 Å². The number of aliphatic hydroxyl groups excluding tert-OH is 1. The number of methoxy groups -OCH3 is 1. The summed E-state index contributed by atoms with van der Waals surface area (Å²) in [7, 11) is 1.64. The first-order chi connectivity index (χ1) is 17.6. The molecule has 0 bridgehead atoms. The van der Waals surface area contributed by atoms with Gasteiger partial charge in [0.15, 0.2) is 0 Å². The molecule has 5 N–H and O–H groups in total. The quantitative estimate of drug-likeness (QED) is 0.206. The Balaban J connectivity index is 2.71. The number of benzene rings is 1.